The lowest BCUT2D eigenvalue weighted by Crippen LogP contribution is -2.13. The zero-order chi connectivity index (χ0) is 25.7. The molecule has 180 valence electrons. The number of ether oxygens (including phenoxy) is 1. The third kappa shape index (κ3) is 5.73. The maximum absolute atomic E-state index is 13.8. The topological polar surface area (TPSA) is 67.0 Å². The molecule has 0 bridgehead atoms. The van der Waals surface area contributed by atoms with Crippen molar-refractivity contribution in [3.8, 4) is 17.5 Å². The van der Waals surface area contributed by atoms with Crippen molar-refractivity contribution in [1.82, 2.24) is 4.57 Å². The summed E-state index contributed by atoms with van der Waals surface area (Å²) in [5.74, 6) is -0.146. The molecule has 0 aliphatic rings. The zero-order valence-electron chi connectivity index (χ0n) is 19.8. The van der Waals surface area contributed by atoms with E-state index in [4.69, 9.17) is 4.74 Å². The predicted molar refractivity (Wildman–Crippen MR) is 142 cm³/mol. The second-order valence-electron chi connectivity index (χ2n) is 8.17. The molecule has 5 nitrogen and oxygen atoms in total. The second-order valence-corrected chi connectivity index (χ2v) is 9.09. The average Bonchev–Trinajstić information content (AvgIpc) is 3.14. The first-order chi connectivity index (χ1) is 17.4. The van der Waals surface area contributed by atoms with Gasteiger partial charge in [-0.2, -0.15) is 5.26 Å². The van der Waals surface area contributed by atoms with Gasteiger partial charge in [-0.25, -0.2) is 4.39 Å². The Morgan fingerprint density at radius 1 is 1.08 bits per heavy atom. The fraction of sp³-hybridized carbons (Fsp3) is 0.103. The van der Waals surface area contributed by atoms with Crippen LogP contribution in [0.2, 0.25) is 0 Å². The van der Waals surface area contributed by atoms with Gasteiger partial charge in [0.25, 0.3) is 5.91 Å². The van der Waals surface area contributed by atoms with E-state index in [1.807, 2.05) is 60.9 Å². The molecule has 1 N–H and O–H groups in total. The van der Waals surface area contributed by atoms with E-state index in [-0.39, 0.29) is 18.0 Å². The number of nitriles is 1. The van der Waals surface area contributed by atoms with Gasteiger partial charge in [0.2, 0.25) is 0 Å². The van der Waals surface area contributed by atoms with Gasteiger partial charge in [0, 0.05) is 32.8 Å². The lowest BCUT2D eigenvalue weighted by atomic mass is 10.1. The third-order valence-electron chi connectivity index (χ3n) is 5.66. The van der Waals surface area contributed by atoms with Crippen molar-refractivity contribution < 1.29 is 13.9 Å². The number of anilines is 1. The van der Waals surface area contributed by atoms with E-state index in [2.05, 4.69) is 21.2 Å². The summed E-state index contributed by atoms with van der Waals surface area (Å²) in [4.78, 5) is 12.7. The number of nitrogens with one attached hydrogen (secondary N) is 1. The molecule has 0 saturated heterocycles. The summed E-state index contributed by atoms with van der Waals surface area (Å²) in [7, 11) is 0. The molecule has 0 spiro atoms. The molecule has 0 fully saturated rings. The first kappa shape index (κ1) is 25.0. The van der Waals surface area contributed by atoms with Crippen LogP contribution in [0.5, 0.6) is 5.75 Å². The van der Waals surface area contributed by atoms with Crippen LogP contribution in [0.1, 0.15) is 22.5 Å². The SMILES string of the molecule is Cc1cc(/C=C(/C#N)C(=O)Nc2cccc(Br)c2)c(C)n1-c1ccc(OCc2ccccc2F)cc1. The minimum atomic E-state index is -0.475. The Morgan fingerprint density at radius 3 is 2.53 bits per heavy atom. The van der Waals surface area contributed by atoms with Crippen LogP contribution >= 0.6 is 15.9 Å². The standard InChI is InChI=1S/C29H23BrFN3O2/c1-19-14-22(15-23(17-32)29(35)33-25-8-5-7-24(30)16-25)20(2)34(19)26-10-12-27(13-11-26)36-18-21-6-3-4-9-28(21)31/h3-16H,18H2,1-2H3,(H,33,35)/b23-15-. The number of nitrogens with zero attached hydrogens (tertiary/aromatic N) is 2. The predicted octanol–water partition coefficient (Wildman–Crippen LogP) is 7.12. The van der Waals surface area contributed by atoms with E-state index < -0.39 is 5.91 Å². The summed E-state index contributed by atoms with van der Waals surface area (Å²) in [5, 5.41) is 12.4. The highest BCUT2D eigenvalue weighted by molar-refractivity contribution is 9.10. The molecule has 3 aromatic carbocycles. The molecule has 1 heterocycles. The summed E-state index contributed by atoms with van der Waals surface area (Å²) in [5.41, 5.74) is 4.60. The number of rotatable bonds is 7. The second kappa shape index (κ2) is 11.1. The molecule has 0 radical (unpaired) electrons. The number of hydrogen-bond donors (Lipinski definition) is 1. The minimum Gasteiger partial charge on any atom is -0.489 e. The highest BCUT2D eigenvalue weighted by Gasteiger charge is 2.14. The van der Waals surface area contributed by atoms with Crippen molar-refractivity contribution in [3.63, 3.8) is 0 Å². The Kier molecular flexibility index (Phi) is 7.67. The van der Waals surface area contributed by atoms with E-state index in [1.54, 1.807) is 42.5 Å². The number of carbonyl (C=O) groups is 1. The van der Waals surface area contributed by atoms with Crippen LogP contribution in [-0.4, -0.2) is 10.5 Å². The van der Waals surface area contributed by atoms with Gasteiger partial charge >= 0.3 is 0 Å². The van der Waals surface area contributed by atoms with Gasteiger partial charge in [0.15, 0.2) is 0 Å². The molecule has 0 unspecified atom stereocenters. The number of aryl methyl sites for hydroxylation is 1. The number of amides is 1. The van der Waals surface area contributed by atoms with Crippen LogP contribution in [0.4, 0.5) is 10.1 Å². The van der Waals surface area contributed by atoms with Crippen LogP contribution in [0.25, 0.3) is 11.8 Å². The Bertz CT molecular complexity index is 1480. The average molecular weight is 544 g/mol. The number of hydrogen-bond acceptors (Lipinski definition) is 3. The van der Waals surface area contributed by atoms with Crippen molar-refractivity contribution in [1.29, 1.82) is 5.26 Å². The van der Waals surface area contributed by atoms with E-state index >= 15 is 0 Å². The van der Waals surface area contributed by atoms with E-state index in [0.717, 1.165) is 27.1 Å². The fourth-order valence-corrected chi connectivity index (χ4v) is 4.27. The maximum Gasteiger partial charge on any atom is 0.266 e. The first-order valence-electron chi connectivity index (χ1n) is 11.2. The van der Waals surface area contributed by atoms with Gasteiger partial charge in [-0.1, -0.05) is 40.2 Å². The van der Waals surface area contributed by atoms with Crippen molar-refractivity contribution in [2.75, 3.05) is 5.32 Å². The summed E-state index contributed by atoms with van der Waals surface area (Å²) >= 11 is 3.37. The molecule has 0 atom stereocenters. The Hall–Kier alpha value is -4.15. The Balaban J connectivity index is 1.52. The molecule has 4 rings (SSSR count). The van der Waals surface area contributed by atoms with E-state index in [0.29, 0.717) is 17.0 Å². The highest BCUT2D eigenvalue weighted by atomic mass is 79.9. The van der Waals surface area contributed by atoms with Gasteiger partial charge in [-0.15, -0.1) is 0 Å². The van der Waals surface area contributed by atoms with E-state index in [1.165, 1.54) is 6.07 Å². The molecule has 0 saturated carbocycles. The van der Waals surface area contributed by atoms with Gasteiger partial charge in [-0.05, 0) is 80.1 Å². The fourth-order valence-electron chi connectivity index (χ4n) is 3.87. The van der Waals surface area contributed by atoms with Crippen LogP contribution < -0.4 is 10.1 Å². The van der Waals surface area contributed by atoms with Gasteiger partial charge in [0.1, 0.15) is 29.8 Å². The Morgan fingerprint density at radius 2 is 1.83 bits per heavy atom. The number of carbonyl (C=O) groups excluding carboxylic acids is 1. The molecule has 0 aliphatic heterocycles. The van der Waals surface area contributed by atoms with Gasteiger partial charge < -0.3 is 14.6 Å². The number of halogens is 2. The summed E-state index contributed by atoms with van der Waals surface area (Å²) in [6.07, 6.45) is 1.60. The largest absolute Gasteiger partial charge is 0.489 e. The lowest BCUT2D eigenvalue weighted by molar-refractivity contribution is -0.112. The van der Waals surface area contributed by atoms with Crippen LogP contribution in [-0.2, 0) is 11.4 Å². The van der Waals surface area contributed by atoms with Gasteiger partial charge in [0.05, 0.1) is 0 Å². The third-order valence-corrected chi connectivity index (χ3v) is 6.16. The monoisotopic (exact) mass is 543 g/mol. The number of benzene rings is 3. The van der Waals surface area contributed by atoms with Crippen LogP contribution in [0, 0.1) is 31.0 Å². The van der Waals surface area contributed by atoms with Crippen molar-refractivity contribution in [3.05, 3.63) is 117 Å². The molecule has 1 amide bonds. The highest BCUT2D eigenvalue weighted by Crippen LogP contribution is 2.25. The number of aromatic nitrogens is 1. The van der Waals surface area contributed by atoms with Crippen LogP contribution in [0.3, 0.4) is 0 Å². The Labute approximate surface area is 217 Å². The molecular weight excluding hydrogens is 521 g/mol. The van der Waals surface area contributed by atoms with Crippen LogP contribution in [0.15, 0.2) is 88.9 Å². The molecule has 4 aromatic rings. The summed E-state index contributed by atoms with van der Waals surface area (Å²) in [6.45, 7) is 4.03. The molecule has 1 aromatic heterocycles. The summed E-state index contributed by atoms with van der Waals surface area (Å²) in [6, 6.07) is 25.1. The van der Waals surface area contributed by atoms with Crippen molar-refractivity contribution in [2.24, 2.45) is 0 Å². The van der Waals surface area contributed by atoms with Crippen molar-refractivity contribution in [2.45, 2.75) is 20.5 Å². The molecule has 36 heavy (non-hydrogen) atoms. The molecule has 7 heteroatoms. The summed E-state index contributed by atoms with van der Waals surface area (Å²) < 4.78 is 22.4. The minimum absolute atomic E-state index is 0.00659. The smallest absolute Gasteiger partial charge is 0.266 e. The maximum atomic E-state index is 13.8. The van der Waals surface area contributed by atoms with Crippen molar-refractivity contribution >= 4 is 33.6 Å². The molecular formula is C29H23BrFN3O2. The molecule has 0 aliphatic carbocycles. The quantitative estimate of drug-likeness (QED) is 0.199. The zero-order valence-corrected chi connectivity index (χ0v) is 21.3. The first-order valence-corrected chi connectivity index (χ1v) is 12.0. The lowest BCUT2D eigenvalue weighted by Gasteiger charge is -2.12. The normalized spacial score (nSPS) is 11.1. The van der Waals surface area contributed by atoms with Gasteiger partial charge in [-0.3, -0.25) is 4.79 Å². The van der Waals surface area contributed by atoms with E-state index in [9.17, 15) is 14.4 Å².